The van der Waals surface area contributed by atoms with Gasteiger partial charge in [-0.1, -0.05) is 11.2 Å². The van der Waals surface area contributed by atoms with E-state index in [1.54, 1.807) is 35.1 Å². The fourth-order valence-electron chi connectivity index (χ4n) is 2.72. The molecule has 0 aliphatic rings. The minimum absolute atomic E-state index is 0.0187. The largest absolute Gasteiger partial charge is 0.349 e. The van der Waals surface area contributed by atoms with Crippen molar-refractivity contribution in [1.82, 2.24) is 25.3 Å². The van der Waals surface area contributed by atoms with E-state index in [0.717, 1.165) is 0 Å². The van der Waals surface area contributed by atoms with Gasteiger partial charge in [0.25, 0.3) is 11.6 Å². The lowest BCUT2D eigenvalue weighted by Gasteiger charge is -2.04. The van der Waals surface area contributed by atoms with Crippen LogP contribution in [0.3, 0.4) is 0 Å². The van der Waals surface area contributed by atoms with Crippen molar-refractivity contribution in [2.45, 2.75) is 13.0 Å². The van der Waals surface area contributed by atoms with Crippen LogP contribution in [0.4, 0.5) is 5.69 Å². The minimum Gasteiger partial charge on any atom is -0.349 e. The first-order valence-electron chi connectivity index (χ1n) is 8.86. The number of rotatable bonds is 9. The second kappa shape index (κ2) is 9.20. The number of amides is 1. The van der Waals surface area contributed by atoms with Crippen LogP contribution in [-0.4, -0.2) is 43.9 Å². The number of carbonyl (C=O) groups is 1. The van der Waals surface area contributed by atoms with Crippen LogP contribution in [-0.2, 0) is 13.0 Å². The van der Waals surface area contributed by atoms with Gasteiger partial charge in [-0.25, -0.2) is 0 Å². The summed E-state index contributed by atoms with van der Waals surface area (Å²) in [5.74, 6) is -0.369. The van der Waals surface area contributed by atoms with Crippen molar-refractivity contribution in [2.24, 2.45) is 5.18 Å². The van der Waals surface area contributed by atoms with E-state index in [1.165, 1.54) is 12.1 Å². The monoisotopic (exact) mass is 408 g/mol. The highest BCUT2D eigenvalue weighted by molar-refractivity contribution is 5.92. The number of hydrogen-bond acceptors (Lipinski definition) is 8. The molecule has 2 aromatic heterocycles. The quantitative estimate of drug-likeness (QED) is 0.308. The van der Waals surface area contributed by atoms with E-state index in [9.17, 15) is 19.8 Å². The second-order valence-electron chi connectivity index (χ2n) is 6.20. The highest BCUT2D eigenvalue weighted by Gasteiger charge is 2.16. The van der Waals surface area contributed by atoms with Crippen LogP contribution in [0.1, 0.15) is 21.7 Å². The molecular formula is C18H16N8O4. The molecule has 2 heterocycles. The van der Waals surface area contributed by atoms with E-state index in [1.807, 2.05) is 0 Å². The number of nitroso groups, excluding NO2 is 1. The lowest BCUT2D eigenvalue weighted by atomic mass is 10.1. The van der Waals surface area contributed by atoms with Gasteiger partial charge in [-0.15, -0.1) is 0 Å². The number of nitro benzene ring substituents is 1. The van der Waals surface area contributed by atoms with Gasteiger partial charge in [-0.3, -0.25) is 24.7 Å². The highest BCUT2D eigenvalue weighted by atomic mass is 16.6. The van der Waals surface area contributed by atoms with Crippen molar-refractivity contribution in [3.8, 4) is 17.3 Å². The molecule has 0 spiro atoms. The smallest absolute Gasteiger partial charge is 0.287 e. The SMILES string of the molecule is N#Cc1ccc(-c2ccn(CCNC(=O)c3cc(CCN=O)[nH]n3)n2)cc1[N+](=O)[O-]. The number of H-pyrrole nitrogens is 1. The molecule has 0 unspecified atom stereocenters. The van der Waals surface area contributed by atoms with Crippen molar-refractivity contribution in [3.63, 3.8) is 0 Å². The molecule has 1 aromatic carbocycles. The summed E-state index contributed by atoms with van der Waals surface area (Å²) >= 11 is 0. The van der Waals surface area contributed by atoms with Gasteiger partial charge in [0, 0.05) is 36.5 Å². The van der Waals surface area contributed by atoms with Gasteiger partial charge in [0.2, 0.25) is 0 Å². The molecule has 0 atom stereocenters. The summed E-state index contributed by atoms with van der Waals surface area (Å²) in [6, 6.07) is 9.32. The molecule has 0 saturated heterocycles. The first-order valence-corrected chi connectivity index (χ1v) is 8.86. The van der Waals surface area contributed by atoms with E-state index in [4.69, 9.17) is 5.26 Å². The Hall–Kier alpha value is -4.40. The number of hydrogen-bond donors (Lipinski definition) is 2. The summed E-state index contributed by atoms with van der Waals surface area (Å²) in [4.78, 5) is 32.8. The number of nitrogens with zero attached hydrogens (tertiary/aromatic N) is 6. The molecule has 0 bridgehead atoms. The Morgan fingerprint density at radius 3 is 2.93 bits per heavy atom. The first kappa shape index (κ1) is 20.3. The molecule has 30 heavy (non-hydrogen) atoms. The number of nitriles is 1. The lowest BCUT2D eigenvalue weighted by molar-refractivity contribution is -0.385. The van der Waals surface area contributed by atoms with Gasteiger partial charge in [-0.2, -0.15) is 20.4 Å². The Morgan fingerprint density at radius 2 is 2.20 bits per heavy atom. The van der Waals surface area contributed by atoms with Gasteiger partial charge in [-0.05, 0) is 18.2 Å². The number of aromatic amines is 1. The Labute approximate surface area is 169 Å². The van der Waals surface area contributed by atoms with Crippen LogP contribution in [0, 0.1) is 26.4 Å². The van der Waals surface area contributed by atoms with Crippen molar-refractivity contribution in [3.05, 3.63) is 68.5 Å². The zero-order chi connectivity index (χ0) is 21.5. The molecule has 2 N–H and O–H groups in total. The maximum absolute atomic E-state index is 12.1. The van der Waals surface area contributed by atoms with E-state index in [2.05, 4.69) is 25.8 Å². The minimum atomic E-state index is -0.607. The standard InChI is InChI=1S/C18H16N8O4/c19-11-13-2-1-12(9-17(13)26(29)30)15-4-7-25(24-15)8-6-20-18(27)16-10-14(22-23-16)3-5-21-28/h1-2,4,7,9-10H,3,5-6,8H2,(H,20,27)(H,22,23). The highest BCUT2D eigenvalue weighted by Crippen LogP contribution is 2.25. The summed E-state index contributed by atoms with van der Waals surface area (Å²) < 4.78 is 1.59. The predicted molar refractivity (Wildman–Crippen MR) is 104 cm³/mol. The van der Waals surface area contributed by atoms with Crippen molar-refractivity contribution < 1.29 is 9.72 Å². The molecule has 0 aliphatic carbocycles. The number of aromatic nitrogens is 4. The second-order valence-corrected chi connectivity index (χ2v) is 6.20. The van der Waals surface area contributed by atoms with Crippen LogP contribution in [0.2, 0.25) is 0 Å². The van der Waals surface area contributed by atoms with E-state index >= 15 is 0 Å². The lowest BCUT2D eigenvalue weighted by Crippen LogP contribution is -2.27. The van der Waals surface area contributed by atoms with Crippen LogP contribution < -0.4 is 5.32 Å². The molecule has 3 rings (SSSR count). The summed E-state index contributed by atoms with van der Waals surface area (Å²) in [7, 11) is 0. The Kier molecular flexibility index (Phi) is 6.23. The summed E-state index contributed by atoms with van der Waals surface area (Å²) in [6.45, 7) is 0.759. The average molecular weight is 408 g/mol. The van der Waals surface area contributed by atoms with Crippen molar-refractivity contribution >= 4 is 11.6 Å². The van der Waals surface area contributed by atoms with Crippen molar-refractivity contribution in [2.75, 3.05) is 13.1 Å². The molecule has 0 saturated carbocycles. The summed E-state index contributed by atoms with van der Waals surface area (Å²) in [6.07, 6.45) is 2.07. The van der Waals surface area contributed by atoms with E-state index in [-0.39, 0.29) is 35.9 Å². The zero-order valence-electron chi connectivity index (χ0n) is 15.6. The number of carbonyl (C=O) groups excluding carboxylic acids is 1. The average Bonchev–Trinajstić information content (AvgIpc) is 3.41. The van der Waals surface area contributed by atoms with Gasteiger partial charge in [0.1, 0.15) is 17.3 Å². The fourth-order valence-corrected chi connectivity index (χ4v) is 2.72. The molecule has 1 amide bonds. The number of nitrogens with one attached hydrogen (secondary N) is 2. The molecular weight excluding hydrogens is 392 g/mol. The zero-order valence-corrected chi connectivity index (χ0v) is 15.6. The third-order valence-corrected chi connectivity index (χ3v) is 4.21. The van der Waals surface area contributed by atoms with E-state index in [0.29, 0.717) is 29.9 Å². The van der Waals surface area contributed by atoms with Crippen molar-refractivity contribution in [1.29, 1.82) is 5.26 Å². The predicted octanol–water partition coefficient (Wildman–Crippen LogP) is 1.79. The molecule has 0 fully saturated rings. The maximum atomic E-state index is 12.1. The molecule has 152 valence electrons. The van der Waals surface area contributed by atoms with Gasteiger partial charge >= 0.3 is 0 Å². The van der Waals surface area contributed by atoms with Gasteiger partial charge < -0.3 is 5.32 Å². The molecule has 0 aliphatic heterocycles. The maximum Gasteiger partial charge on any atom is 0.287 e. The Balaban J connectivity index is 1.58. The molecule has 0 radical (unpaired) electrons. The Morgan fingerprint density at radius 1 is 1.37 bits per heavy atom. The van der Waals surface area contributed by atoms with Crippen LogP contribution >= 0.6 is 0 Å². The van der Waals surface area contributed by atoms with Gasteiger partial charge in [0.15, 0.2) is 0 Å². The van der Waals surface area contributed by atoms with E-state index < -0.39 is 4.92 Å². The van der Waals surface area contributed by atoms with Gasteiger partial charge in [0.05, 0.1) is 23.7 Å². The summed E-state index contributed by atoms with van der Waals surface area (Å²) in [5, 5.41) is 36.5. The number of nitro groups is 1. The number of benzene rings is 1. The third-order valence-electron chi connectivity index (χ3n) is 4.21. The van der Waals surface area contributed by atoms with Crippen LogP contribution in [0.5, 0.6) is 0 Å². The summed E-state index contributed by atoms with van der Waals surface area (Å²) in [5.41, 5.74) is 1.58. The van der Waals surface area contributed by atoms with Crippen LogP contribution in [0.25, 0.3) is 11.3 Å². The molecule has 3 aromatic rings. The fraction of sp³-hybridized carbons (Fsp3) is 0.222. The Bertz CT molecular complexity index is 1130. The van der Waals surface area contributed by atoms with Crippen LogP contribution in [0.15, 0.2) is 41.7 Å². The topological polar surface area (TPSA) is 172 Å². The third kappa shape index (κ3) is 4.71. The molecule has 12 heteroatoms. The molecule has 12 nitrogen and oxygen atoms in total. The normalized spacial score (nSPS) is 10.4. The first-order chi connectivity index (χ1) is 14.5.